The molecule has 1 unspecified atom stereocenters. The Labute approximate surface area is 182 Å². The average molecular weight is 443 g/mol. The summed E-state index contributed by atoms with van der Waals surface area (Å²) in [7, 11) is -3.84. The van der Waals surface area contributed by atoms with Crippen LogP contribution in [0.3, 0.4) is 0 Å². The predicted octanol–water partition coefficient (Wildman–Crippen LogP) is 3.28. The van der Waals surface area contributed by atoms with Crippen molar-refractivity contribution in [2.24, 2.45) is 0 Å². The van der Waals surface area contributed by atoms with E-state index in [2.05, 4.69) is 48.9 Å². The third-order valence-electron chi connectivity index (χ3n) is 4.11. The zero-order valence-corrected chi connectivity index (χ0v) is 19.8. The van der Waals surface area contributed by atoms with Gasteiger partial charge in [-0.15, -0.1) is 5.92 Å². The lowest BCUT2D eigenvalue weighted by atomic mass is 10.1. The lowest BCUT2D eigenvalue weighted by Gasteiger charge is -2.24. The minimum absolute atomic E-state index is 0.271. The summed E-state index contributed by atoms with van der Waals surface area (Å²) in [6.07, 6.45) is 1.90. The van der Waals surface area contributed by atoms with Gasteiger partial charge in [0.25, 0.3) is 10.1 Å². The maximum Gasteiger partial charge on any atom is 0.264 e. The van der Waals surface area contributed by atoms with Crippen molar-refractivity contribution in [3.05, 3.63) is 23.8 Å². The Balaban J connectivity index is 0.000000654. The number of benzene rings is 1. The first kappa shape index (κ1) is 28.2. The highest BCUT2D eigenvalue weighted by atomic mass is 32.2. The first-order chi connectivity index (χ1) is 14.2. The fraction of sp³-hybridized carbons (Fsp3) is 0.636. The average Bonchev–Trinajstić information content (AvgIpc) is 2.68. The van der Waals surface area contributed by atoms with Gasteiger partial charge in [0.1, 0.15) is 12.0 Å². The van der Waals surface area contributed by atoms with Crippen molar-refractivity contribution >= 4 is 15.8 Å². The van der Waals surface area contributed by atoms with Crippen molar-refractivity contribution < 1.29 is 22.8 Å². The van der Waals surface area contributed by atoms with E-state index in [1.165, 1.54) is 6.92 Å². The van der Waals surface area contributed by atoms with Gasteiger partial charge in [-0.25, -0.2) is 0 Å². The number of rotatable bonds is 12. The number of hydrogen-bond acceptors (Lipinski definition) is 6. The van der Waals surface area contributed by atoms with E-state index in [0.29, 0.717) is 13.0 Å². The molecule has 0 aromatic heterocycles. The van der Waals surface area contributed by atoms with Gasteiger partial charge in [0.05, 0.1) is 18.0 Å². The fourth-order valence-electron chi connectivity index (χ4n) is 2.56. The molecule has 1 rings (SSSR count). The first-order valence-electron chi connectivity index (χ1n) is 10.5. The topological polar surface area (TPSA) is 99.1 Å². The van der Waals surface area contributed by atoms with Crippen LogP contribution in [0.5, 0.6) is 5.75 Å². The Bertz CT molecular complexity index is 751. The van der Waals surface area contributed by atoms with E-state index in [-0.39, 0.29) is 5.75 Å². The fourth-order valence-corrected chi connectivity index (χ4v) is 3.07. The molecule has 0 amide bonds. The summed E-state index contributed by atoms with van der Waals surface area (Å²) in [5.41, 5.74) is 2.20. The Morgan fingerprint density at radius 3 is 2.37 bits per heavy atom. The minimum Gasteiger partial charge on any atom is -0.491 e. The Morgan fingerprint density at radius 2 is 1.87 bits per heavy atom. The minimum atomic E-state index is -3.84. The van der Waals surface area contributed by atoms with Crippen LogP contribution in [0.25, 0.3) is 0 Å². The molecular weight excluding hydrogens is 404 g/mol. The molecule has 3 N–H and O–H groups in total. The van der Waals surface area contributed by atoms with Gasteiger partial charge in [-0.3, -0.25) is 9.87 Å². The van der Waals surface area contributed by atoms with Crippen LogP contribution < -0.4 is 15.0 Å². The number of nitrogens with one attached hydrogen (secondary N) is 1. The van der Waals surface area contributed by atoms with Crippen molar-refractivity contribution in [2.45, 2.75) is 60.1 Å². The smallest absolute Gasteiger partial charge is 0.264 e. The van der Waals surface area contributed by atoms with Gasteiger partial charge in [0, 0.05) is 18.7 Å². The van der Waals surface area contributed by atoms with Gasteiger partial charge in [-0.05, 0) is 65.3 Å². The predicted molar refractivity (Wildman–Crippen MR) is 124 cm³/mol. The second-order valence-corrected chi connectivity index (χ2v) is 8.27. The summed E-state index contributed by atoms with van der Waals surface area (Å²) in [6.45, 7) is 13.0. The number of aliphatic hydroxyl groups excluding tert-OH is 1. The Kier molecular flexibility index (Phi) is 15.0. The van der Waals surface area contributed by atoms with E-state index >= 15 is 0 Å². The Morgan fingerprint density at radius 1 is 1.20 bits per heavy atom. The van der Waals surface area contributed by atoms with Crippen molar-refractivity contribution in [1.29, 1.82) is 0 Å². The van der Waals surface area contributed by atoms with Crippen molar-refractivity contribution in [2.75, 3.05) is 36.9 Å². The van der Waals surface area contributed by atoms with Gasteiger partial charge in [-0.2, -0.15) is 8.42 Å². The molecule has 0 heterocycles. The van der Waals surface area contributed by atoms with E-state index < -0.39 is 16.3 Å². The molecule has 0 aliphatic carbocycles. The summed E-state index contributed by atoms with van der Waals surface area (Å²) in [5.74, 6) is 6.76. The highest BCUT2D eigenvalue weighted by molar-refractivity contribution is 7.85. The molecule has 0 spiro atoms. The van der Waals surface area contributed by atoms with Gasteiger partial charge in [-0.1, -0.05) is 19.3 Å². The number of unbranched alkanes of at least 4 members (excludes halogenated alkanes) is 1. The van der Waals surface area contributed by atoms with Gasteiger partial charge < -0.3 is 14.7 Å². The summed E-state index contributed by atoms with van der Waals surface area (Å²) in [5, 5.41) is 11.3. The number of anilines is 1. The molecule has 0 aliphatic heterocycles. The number of ether oxygens (including phenoxy) is 1. The summed E-state index contributed by atoms with van der Waals surface area (Å²) in [4.78, 5) is 2.31. The molecule has 1 aromatic carbocycles. The van der Waals surface area contributed by atoms with Crippen LogP contribution in [0.15, 0.2) is 18.2 Å². The molecule has 0 aliphatic rings. The van der Waals surface area contributed by atoms with Gasteiger partial charge in [0.2, 0.25) is 0 Å². The third kappa shape index (κ3) is 13.4. The number of hydrogen-bond donors (Lipinski definition) is 3. The van der Waals surface area contributed by atoms with Gasteiger partial charge in [0.15, 0.2) is 0 Å². The molecule has 0 saturated carbocycles. The van der Waals surface area contributed by atoms with E-state index in [9.17, 15) is 8.42 Å². The largest absolute Gasteiger partial charge is 0.491 e. The van der Waals surface area contributed by atoms with Gasteiger partial charge >= 0.3 is 0 Å². The second-order valence-electron chi connectivity index (χ2n) is 6.70. The number of nitrogens with zero attached hydrogens (tertiary/aromatic N) is 1. The van der Waals surface area contributed by atoms with Crippen LogP contribution in [0.2, 0.25) is 0 Å². The maximum absolute atomic E-state index is 10.1. The molecule has 1 aromatic rings. The van der Waals surface area contributed by atoms with Crippen molar-refractivity contribution in [1.82, 2.24) is 5.32 Å². The maximum atomic E-state index is 10.1. The highest BCUT2D eigenvalue weighted by Gasteiger charge is 2.10. The van der Waals surface area contributed by atoms with Crippen LogP contribution in [0, 0.1) is 11.8 Å². The molecule has 0 radical (unpaired) electrons. The van der Waals surface area contributed by atoms with E-state index in [1.54, 1.807) is 0 Å². The molecule has 30 heavy (non-hydrogen) atoms. The standard InChI is InChI=1S/C17H25NO.C5H13NO4S/c1-5-9-13-19-17-12-11-15(10-6-2)14-16(17)18(7-3)8-4;1-5(7)6-3-2-4-11(8,9)10/h11-12,14H,5,7-9,13H2,1-4H3;5-7H,2-4H2,1H3,(H,8,9,10). The molecule has 1 atom stereocenters. The second kappa shape index (κ2) is 16.0. The SMILES string of the molecule is CC#Cc1ccc(OCCCC)c(N(CC)CC)c1.CC(O)NCCCS(=O)(=O)O. The summed E-state index contributed by atoms with van der Waals surface area (Å²) in [6, 6.07) is 6.21. The summed E-state index contributed by atoms with van der Waals surface area (Å²) < 4.78 is 34.5. The lowest BCUT2D eigenvalue weighted by Crippen LogP contribution is -2.27. The molecule has 0 fully saturated rings. The highest BCUT2D eigenvalue weighted by Crippen LogP contribution is 2.29. The zero-order valence-electron chi connectivity index (χ0n) is 18.9. The van der Waals surface area contributed by atoms with Crippen molar-refractivity contribution in [3.8, 4) is 17.6 Å². The van der Waals surface area contributed by atoms with Crippen molar-refractivity contribution in [3.63, 3.8) is 0 Å². The van der Waals surface area contributed by atoms with E-state index in [1.807, 2.05) is 19.1 Å². The molecule has 0 bridgehead atoms. The Hall–Kier alpha value is -1.79. The lowest BCUT2D eigenvalue weighted by molar-refractivity contribution is 0.157. The molecule has 0 saturated heterocycles. The quantitative estimate of drug-likeness (QED) is 0.198. The van der Waals surface area contributed by atoms with Crippen LogP contribution >= 0.6 is 0 Å². The monoisotopic (exact) mass is 442 g/mol. The molecule has 7 nitrogen and oxygen atoms in total. The van der Waals surface area contributed by atoms with Crippen LogP contribution in [0.1, 0.15) is 59.4 Å². The van der Waals surface area contributed by atoms with E-state index in [0.717, 1.165) is 49.5 Å². The normalized spacial score (nSPS) is 11.6. The summed E-state index contributed by atoms with van der Waals surface area (Å²) >= 11 is 0. The molecule has 8 heteroatoms. The number of aliphatic hydroxyl groups is 1. The van der Waals surface area contributed by atoms with Crippen LogP contribution in [-0.2, 0) is 10.1 Å². The van der Waals surface area contributed by atoms with E-state index in [4.69, 9.17) is 14.4 Å². The molecular formula is C22H38N2O5S. The molecule has 172 valence electrons. The zero-order chi connectivity index (χ0) is 23.0. The third-order valence-corrected chi connectivity index (χ3v) is 4.91. The van der Waals surface area contributed by atoms with Crippen LogP contribution in [-0.4, -0.2) is 56.3 Å². The van der Waals surface area contributed by atoms with Crippen LogP contribution in [0.4, 0.5) is 5.69 Å². The first-order valence-corrected chi connectivity index (χ1v) is 12.1.